The fourth-order valence-corrected chi connectivity index (χ4v) is 2.79. The Hall–Kier alpha value is -2.93. The molecule has 136 valence electrons. The second-order valence-corrected chi connectivity index (χ2v) is 5.88. The third kappa shape index (κ3) is 4.37. The van der Waals surface area contributed by atoms with Crippen molar-refractivity contribution in [2.24, 2.45) is 0 Å². The van der Waals surface area contributed by atoms with Gasteiger partial charge in [0.1, 0.15) is 17.7 Å². The van der Waals surface area contributed by atoms with Crippen LogP contribution in [0.4, 0.5) is 4.39 Å². The zero-order valence-electron chi connectivity index (χ0n) is 13.9. The van der Waals surface area contributed by atoms with Gasteiger partial charge in [-0.25, -0.2) is 9.18 Å². The van der Waals surface area contributed by atoms with E-state index < -0.39 is 18.7 Å². The van der Waals surface area contributed by atoms with E-state index in [2.05, 4.69) is 0 Å². The molecule has 1 saturated heterocycles. The van der Waals surface area contributed by atoms with Gasteiger partial charge in [0.05, 0.1) is 13.2 Å². The number of carbonyl (C=O) groups is 2. The lowest BCUT2D eigenvalue weighted by molar-refractivity contribution is -0.139. The highest BCUT2D eigenvalue weighted by atomic mass is 19.1. The lowest BCUT2D eigenvalue weighted by Gasteiger charge is -2.33. The summed E-state index contributed by atoms with van der Waals surface area (Å²) in [5.74, 6) is -1.34. The van der Waals surface area contributed by atoms with E-state index in [1.807, 2.05) is 0 Å². The van der Waals surface area contributed by atoms with E-state index in [0.29, 0.717) is 36.6 Å². The Bertz CT molecular complexity index is 810. The van der Waals surface area contributed by atoms with Crippen LogP contribution in [0.25, 0.3) is 0 Å². The third-order valence-corrected chi connectivity index (χ3v) is 4.02. The van der Waals surface area contributed by atoms with Crippen LogP contribution in [0.3, 0.4) is 0 Å². The summed E-state index contributed by atoms with van der Waals surface area (Å²) in [6.07, 6.45) is -0.394. The first kappa shape index (κ1) is 17.9. The molecule has 1 amide bonds. The van der Waals surface area contributed by atoms with Crippen LogP contribution in [0.2, 0.25) is 0 Å². The molecule has 0 aliphatic carbocycles. The van der Waals surface area contributed by atoms with Gasteiger partial charge in [-0.3, -0.25) is 4.79 Å². The minimum absolute atomic E-state index is 0.213. The van der Waals surface area contributed by atoms with Gasteiger partial charge in [0.15, 0.2) is 6.61 Å². The lowest BCUT2D eigenvalue weighted by atomic mass is 10.1. The number of morpholine rings is 1. The Balaban J connectivity index is 1.71. The number of benzene rings is 2. The van der Waals surface area contributed by atoms with Crippen LogP contribution in [0.1, 0.15) is 22.0 Å². The van der Waals surface area contributed by atoms with Crippen LogP contribution < -0.4 is 4.74 Å². The molecule has 26 heavy (non-hydrogen) atoms. The summed E-state index contributed by atoms with van der Waals surface area (Å²) in [5, 5.41) is 8.67. The summed E-state index contributed by atoms with van der Waals surface area (Å²) < 4.78 is 24.2. The predicted octanol–water partition coefficient (Wildman–Crippen LogP) is 2.50. The smallest absolute Gasteiger partial charge is 0.341 e. The van der Waals surface area contributed by atoms with Gasteiger partial charge < -0.3 is 19.5 Å². The van der Waals surface area contributed by atoms with Crippen molar-refractivity contribution >= 4 is 11.9 Å². The highest BCUT2D eigenvalue weighted by molar-refractivity contribution is 5.94. The number of carboxylic acid groups (broad SMARTS) is 1. The molecular weight excluding hydrogens is 341 g/mol. The summed E-state index contributed by atoms with van der Waals surface area (Å²) in [7, 11) is 0. The molecule has 1 atom stereocenters. The molecule has 0 radical (unpaired) electrons. The van der Waals surface area contributed by atoms with E-state index in [-0.39, 0.29) is 11.7 Å². The normalized spacial score (nSPS) is 17.0. The zero-order chi connectivity index (χ0) is 18.5. The minimum atomic E-state index is -1.09. The van der Waals surface area contributed by atoms with Crippen molar-refractivity contribution in [2.75, 3.05) is 26.3 Å². The Kier molecular flexibility index (Phi) is 5.48. The molecule has 2 aromatic rings. The van der Waals surface area contributed by atoms with E-state index in [9.17, 15) is 14.0 Å². The predicted molar refractivity (Wildman–Crippen MR) is 90.6 cm³/mol. The molecule has 1 unspecified atom stereocenters. The summed E-state index contributed by atoms with van der Waals surface area (Å²) in [6, 6.07) is 12.5. The van der Waals surface area contributed by atoms with E-state index in [0.717, 1.165) is 0 Å². The van der Waals surface area contributed by atoms with E-state index in [4.69, 9.17) is 14.6 Å². The van der Waals surface area contributed by atoms with Gasteiger partial charge in [0, 0.05) is 12.1 Å². The number of nitrogens with zero attached hydrogens (tertiary/aromatic N) is 1. The maximum Gasteiger partial charge on any atom is 0.341 e. The second-order valence-electron chi connectivity index (χ2n) is 5.88. The number of carbonyl (C=O) groups excluding carboxylic acids is 1. The second kappa shape index (κ2) is 7.97. The van der Waals surface area contributed by atoms with Gasteiger partial charge in [-0.05, 0) is 35.9 Å². The minimum Gasteiger partial charge on any atom is -0.482 e. The first-order valence-electron chi connectivity index (χ1n) is 8.14. The van der Waals surface area contributed by atoms with Crippen molar-refractivity contribution in [1.29, 1.82) is 0 Å². The number of hydrogen-bond acceptors (Lipinski definition) is 4. The monoisotopic (exact) mass is 359 g/mol. The van der Waals surface area contributed by atoms with Gasteiger partial charge in [-0.2, -0.15) is 0 Å². The molecule has 3 rings (SSSR count). The first-order chi connectivity index (χ1) is 12.5. The Morgan fingerprint density at radius 2 is 2.04 bits per heavy atom. The number of carboxylic acids is 1. The highest BCUT2D eigenvalue weighted by Crippen LogP contribution is 2.24. The van der Waals surface area contributed by atoms with Crippen LogP contribution >= 0.6 is 0 Å². The highest BCUT2D eigenvalue weighted by Gasteiger charge is 2.26. The molecule has 1 heterocycles. The van der Waals surface area contributed by atoms with Crippen LogP contribution in [-0.2, 0) is 9.53 Å². The van der Waals surface area contributed by atoms with E-state index in [1.54, 1.807) is 35.2 Å². The van der Waals surface area contributed by atoms with Crippen molar-refractivity contribution in [2.45, 2.75) is 6.10 Å². The summed E-state index contributed by atoms with van der Waals surface area (Å²) in [6.45, 7) is 0.603. The maximum atomic E-state index is 13.4. The molecule has 2 aromatic carbocycles. The average Bonchev–Trinajstić information content (AvgIpc) is 2.66. The molecule has 0 bridgehead atoms. The van der Waals surface area contributed by atoms with Crippen molar-refractivity contribution < 1.29 is 28.6 Å². The number of rotatable bonds is 5. The van der Waals surface area contributed by atoms with Gasteiger partial charge in [0.2, 0.25) is 0 Å². The van der Waals surface area contributed by atoms with Crippen LogP contribution in [0, 0.1) is 5.82 Å². The molecule has 7 heteroatoms. The van der Waals surface area contributed by atoms with Crippen molar-refractivity contribution in [3.63, 3.8) is 0 Å². The molecule has 1 fully saturated rings. The molecule has 0 spiro atoms. The fourth-order valence-electron chi connectivity index (χ4n) is 2.79. The molecule has 1 aliphatic heterocycles. The average molecular weight is 359 g/mol. The molecular formula is C19H18FNO5. The molecule has 0 saturated carbocycles. The van der Waals surface area contributed by atoms with Crippen LogP contribution in [0.15, 0.2) is 48.5 Å². The van der Waals surface area contributed by atoms with Crippen LogP contribution in [0.5, 0.6) is 5.75 Å². The van der Waals surface area contributed by atoms with Gasteiger partial charge in [-0.15, -0.1) is 0 Å². The largest absolute Gasteiger partial charge is 0.482 e. The van der Waals surface area contributed by atoms with E-state index >= 15 is 0 Å². The standard InChI is InChI=1S/C19H18FNO5/c20-15-5-1-3-13(9-15)17-11-21(7-8-25-17)19(24)14-4-2-6-16(10-14)26-12-18(22)23/h1-6,9-10,17H,7-8,11-12H2,(H,22,23). The molecule has 1 N–H and O–H groups in total. The molecule has 6 nitrogen and oxygen atoms in total. The lowest BCUT2D eigenvalue weighted by Crippen LogP contribution is -2.42. The van der Waals surface area contributed by atoms with Crippen LogP contribution in [-0.4, -0.2) is 48.2 Å². The fraction of sp³-hybridized carbons (Fsp3) is 0.263. The molecule has 0 aromatic heterocycles. The number of halogens is 1. The number of ether oxygens (including phenoxy) is 2. The Labute approximate surface area is 149 Å². The van der Waals surface area contributed by atoms with Gasteiger partial charge >= 0.3 is 5.97 Å². The van der Waals surface area contributed by atoms with E-state index in [1.165, 1.54) is 18.2 Å². The van der Waals surface area contributed by atoms with Gasteiger partial charge in [-0.1, -0.05) is 18.2 Å². The number of hydrogen-bond donors (Lipinski definition) is 1. The topological polar surface area (TPSA) is 76.1 Å². The van der Waals surface area contributed by atoms with Crippen molar-refractivity contribution in [1.82, 2.24) is 4.90 Å². The van der Waals surface area contributed by atoms with Crippen molar-refractivity contribution in [3.05, 3.63) is 65.5 Å². The van der Waals surface area contributed by atoms with Crippen molar-refractivity contribution in [3.8, 4) is 5.75 Å². The SMILES string of the molecule is O=C(O)COc1cccc(C(=O)N2CCOC(c3cccc(F)c3)C2)c1. The van der Waals surface area contributed by atoms with Gasteiger partial charge in [0.25, 0.3) is 5.91 Å². The zero-order valence-corrected chi connectivity index (χ0v) is 13.9. The quantitative estimate of drug-likeness (QED) is 0.888. The summed E-state index contributed by atoms with van der Waals surface area (Å²) >= 11 is 0. The first-order valence-corrected chi connectivity index (χ1v) is 8.14. The number of aliphatic carboxylic acids is 1. The summed E-state index contributed by atoms with van der Waals surface area (Å²) in [4.78, 5) is 25.0. The Morgan fingerprint density at radius 1 is 1.23 bits per heavy atom. The Morgan fingerprint density at radius 3 is 2.81 bits per heavy atom. The number of amides is 1. The summed E-state index contributed by atoms with van der Waals surface area (Å²) in [5.41, 5.74) is 1.08. The maximum absolute atomic E-state index is 13.4. The third-order valence-electron chi connectivity index (χ3n) is 4.02. The molecule has 1 aliphatic rings.